The Morgan fingerprint density at radius 2 is 1.86 bits per heavy atom. The summed E-state index contributed by atoms with van der Waals surface area (Å²) < 4.78 is 1.60. The van der Waals surface area contributed by atoms with Crippen LogP contribution in [0.25, 0.3) is 10.9 Å². The number of aromatic amines is 1. The molecule has 3 aromatic rings. The van der Waals surface area contributed by atoms with E-state index in [0.29, 0.717) is 25.3 Å². The van der Waals surface area contributed by atoms with Crippen LogP contribution >= 0.6 is 0 Å². The van der Waals surface area contributed by atoms with Gasteiger partial charge in [0.2, 0.25) is 0 Å². The lowest BCUT2D eigenvalue weighted by Crippen LogP contribution is -2.49. The summed E-state index contributed by atoms with van der Waals surface area (Å²) in [6.45, 7) is 4.39. The third-order valence-electron chi connectivity index (χ3n) is 6.07. The second-order valence-corrected chi connectivity index (χ2v) is 7.94. The van der Waals surface area contributed by atoms with E-state index in [1.807, 2.05) is 35.2 Å². The molecule has 5 rings (SSSR count). The van der Waals surface area contributed by atoms with Crippen LogP contribution in [-0.4, -0.2) is 63.2 Å². The predicted octanol–water partition coefficient (Wildman–Crippen LogP) is 1.67. The minimum Gasteiger partial charge on any atom is -0.351 e. The summed E-state index contributed by atoms with van der Waals surface area (Å²) in [6, 6.07) is 11.6. The van der Waals surface area contributed by atoms with Crippen molar-refractivity contribution in [1.29, 1.82) is 0 Å². The number of fused-ring (bicyclic) bond motifs is 2. The molecule has 1 amide bonds. The third-order valence-corrected chi connectivity index (χ3v) is 6.07. The lowest BCUT2D eigenvalue weighted by Gasteiger charge is -2.34. The highest BCUT2D eigenvalue weighted by atomic mass is 16.2. The van der Waals surface area contributed by atoms with Gasteiger partial charge in [-0.2, -0.15) is 5.10 Å². The van der Waals surface area contributed by atoms with E-state index in [1.165, 1.54) is 0 Å². The number of rotatable bonds is 4. The summed E-state index contributed by atoms with van der Waals surface area (Å²) in [6.07, 6.45) is 3.05. The first-order chi connectivity index (χ1) is 14.2. The molecule has 0 radical (unpaired) electrons. The molecule has 1 saturated heterocycles. The number of H-pyrrole nitrogens is 1. The van der Waals surface area contributed by atoms with Crippen molar-refractivity contribution in [2.24, 2.45) is 0 Å². The van der Waals surface area contributed by atoms with Crippen LogP contribution in [0.4, 0.5) is 0 Å². The molecule has 1 fully saturated rings. The number of benzene rings is 1. The molecule has 0 saturated carbocycles. The van der Waals surface area contributed by atoms with E-state index in [0.717, 1.165) is 61.1 Å². The zero-order valence-corrected chi connectivity index (χ0v) is 16.4. The molecule has 150 valence electrons. The van der Waals surface area contributed by atoms with Crippen LogP contribution in [0.15, 0.2) is 41.2 Å². The lowest BCUT2D eigenvalue weighted by atomic mass is 10.2. The first-order valence-electron chi connectivity index (χ1n) is 10.4. The van der Waals surface area contributed by atoms with Gasteiger partial charge < -0.3 is 9.88 Å². The van der Waals surface area contributed by atoms with Gasteiger partial charge in [-0.25, -0.2) is 4.68 Å². The quantitative estimate of drug-likeness (QED) is 0.734. The number of para-hydroxylation sites is 1. The van der Waals surface area contributed by atoms with Gasteiger partial charge in [0.25, 0.3) is 11.5 Å². The maximum absolute atomic E-state index is 12.8. The molecule has 7 heteroatoms. The highest BCUT2D eigenvalue weighted by Gasteiger charge is 2.23. The lowest BCUT2D eigenvalue weighted by molar-refractivity contribution is 0.0626. The van der Waals surface area contributed by atoms with Gasteiger partial charge in [-0.15, -0.1) is 0 Å². The second kappa shape index (κ2) is 7.48. The van der Waals surface area contributed by atoms with Crippen LogP contribution in [0.3, 0.4) is 0 Å². The molecule has 2 aliphatic rings. The van der Waals surface area contributed by atoms with E-state index in [2.05, 4.69) is 15.0 Å². The van der Waals surface area contributed by atoms with Crippen molar-refractivity contribution in [3.05, 3.63) is 63.7 Å². The SMILES string of the molecule is O=C(c1cc2ccccc2[nH]1)N1CCN(CCn2nc3c(cc2=O)CCC3)CC1. The molecule has 0 bridgehead atoms. The number of nitrogens with zero attached hydrogens (tertiary/aromatic N) is 4. The van der Waals surface area contributed by atoms with Gasteiger partial charge in [-0.05, 0) is 37.0 Å². The van der Waals surface area contributed by atoms with Crippen LogP contribution < -0.4 is 5.56 Å². The van der Waals surface area contributed by atoms with Crippen molar-refractivity contribution >= 4 is 16.8 Å². The predicted molar refractivity (Wildman–Crippen MR) is 111 cm³/mol. The maximum Gasteiger partial charge on any atom is 0.270 e. The fraction of sp³-hybridized carbons (Fsp3) is 0.409. The fourth-order valence-corrected chi connectivity index (χ4v) is 4.37. The third kappa shape index (κ3) is 3.58. The Morgan fingerprint density at radius 1 is 1.03 bits per heavy atom. The molecule has 7 nitrogen and oxygen atoms in total. The highest BCUT2D eigenvalue weighted by molar-refractivity contribution is 5.98. The Kier molecular flexibility index (Phi) is 4.67. The first-order valence-corrected chi connectivity index (χ1v) is 10.4. The molecule has 0 atom stereocenters. The largest absolute Gasteiger partial charge is 0.351 e. The van der Waals surface area contributed by atoms with Gasteiger partial charge in [0.05, 0.1) is 12.2 Å². The Bertz CT molecular complexity index is 1070. The molecule has 29 heavy (non-hydrogen) atoms. The highest BCUT2D eigenvalue weighted by Crippen LogP contribution is 2.18. The van der Waals surface area contributed by atoms with Crippen molar-refractivity contribution in [1.82, 2.24) is 24.6 Å². The number of nitrogens with one attached hydrogen (secondary N) is 1. The van der Waals surface area contributed by atoms with Crippen LogP contribution in [-0.2, 0) is 19.4 Å². The van der Waals surface area contributed by atoms with Crippen molar-refractivity contribution in [2.75, 3.05) is 32.7 Å². The van der Waals surface area contributed by atoms with Crippen molar-refractivity contribution in [3.8, 4) is 0 Å². The first kappa shape index (κ1) is 18.1. The molecule has 0 unspecified atom stereocenters. The summed E-state index contributed by atoms with van der Waals surface area (Å²) >= 11 is 0. The Morgan fingerprint density at radius 3 is 2.69 bits per heavy atom. The van der Waals surface area contributed by atoms with E-state index in [4.69, 9.17) is 0 Å². The second-order valence-electron chi connectivity index (χ2n) is 7.94. The normalized spacial score (nSPS) is 17.0. The number of amides is 1. The summed E-state index contributed by atoms with van der Waals surface area (Å²) in [5, 5.41) is 5.61. The average Bonchev–Trinajstić information content (AvgIpc) is 3.38. The van der Waals surface area contributed by atoms with Gasteiger partial charge in [0, 0.05) is 49.7 Å². The summed E-state index contributed by atoms with van der Waals surface area (Å²) in [7, 11) is 0. The maximum atomic E-state index is 12.8. The summed E-state index contributed by atoms with van der Waals surface area (Å²) in [5.41, 5.74) is 3.84. The number of piperazine rings is 1. The standard InChI is InChI=1S/C22H25N5O2/c28-21-15-17-5-3-7-19(17)24-27(21)13-10-25-8-11-26(12-9-25)22(29)20-14-16-4-1-2-6-18(16)23-20/h1-2,4,6,14-15,23H,3,5,7-13H2. The number of carbonyl (C=O) groups is 1. The zero-order chi connectivity index (χ0) is 19.8. The van der Waals surface area contributed by atoms with Crippen LogP contribution in [0, 0.1) is 0 Å². The zero-order valence-electron chi connectivity index (χ0n) is 16.4. The van der Waals surface area contributed by atoms with Crippen molar-refractivity contribution in [2.45, 2.75) is 25.8 Å². The Balaban J connectivity index is 1.17. The smallest absolute Gasteiger partial charge is 0.270 e. The minimum absolute atomic E-state index is 0.00160. The summed E-state index contributed by atoms with van der Waals surface area (Å²) in [4.78, 5) is 32.5. The fourth-order valence-electron chi connectivity index (χ4n) is 4.37. The van der Waals surface area contributed by atoms with Gasteiger partial charge >= 0.3 is 0 Å². The van der Waals surface area contributed by atoms with Crippen LogP contribution in [0.1, 0.15) is 28.2 Å². The minimum atomic E-state index is -0.00160. The van der Waals surface area contributed by atoms with Crippen molar-refractivity contribution < 1.29 is 4.79 Å². The molecule has 3 heterocycles. The molecule has 0 spiro atoms. The van der Waals surface area contributed by atoms with Gasteiger partial charge in [-0.3, -0.25) is 14.5 Å². The topological polar surface area (TPSA) is 74.2 Å². The number of aromatic nitrogens is 3. The number of hydrogen-bond acceptors (Lipinski definition) is 4. The van der Waals surface area contributed by atoms with Gasteiger partial charge in [0.15, 0.2) is 0 Å². The number of hydrogen-bond donors (Lipinski definition) is 1. The van der Waals surface area contributed by atoms with E-state index in [-0.39, 0.29) is 11.5 Å². The Labute approximate surface area is 168 Å². The van der Waals surface area contributed by atoms with Gasteiger partial charge in [0.1, 0.15) is 5.69 Å². The number of aryl methyl sites for hydroxylation is 2. The van der Waals surface area contributed by atoms with Crippen LogP contribution in [0.2, 0.25) is 0 Å². The van der Waals surface area contributed by atoms with Crippen molar-refractivity contribution in [3.63, 3.8) is 0 Å². The molecular weight excluding hydrogens is 366 g/mol. The molecule has 1 aliphatic carbocycles. The molecule has 2 aromatic heterocycles. The van der Waals surface area contributed by atoms with E-state index >= 15 is 0 Å². The monoisotopic (exact) mass is 391 g/mol. The van der Waals surface area contributed by atoms with E-state index in [1.54, 1.807) is 10.7 Å². The molecule has 1 N–H and O–H groups in total. The van der Waals surface area contributed by atoms with E-state index in [9.17, 15) is 9.59 Å². The Hall–Kier alpha value is -2.93. The average molecular weight is 391 g/mol. The van der Waals surface area contributed by atoms with Crippen LogP contribution in [0.5, 0.6) is 0 Å². The summed E-state index contributed by atoms with van der Waals surface area (Å²) in [5.74, 6) is 0.0531. The molecule has 1 aromatic carbocycles. The van der Waals surface area contributed by atoms with E-state index < -0.39 is 0 Å². The molecular formula is C22H25N5O2. The molecule has 1 aliphatic heterocycles. The van der Waals surface area contributed by atoms with Gasteiger partial charge in [-0.1, -0.05) is 18.2 Å². The number of carbonyl (C=O) groups excluding carboxylic acids is 1.